The molecule has 0 radical (unpaired) electrons. The molecule has 2 heterocycles. The van der Waals surface area contributed by atoms with Gasteiger partial charge in [-0.2, -0.15) is 5.10 Å². The first kappa shape index (κ1) is 11.5. The van der Waals surface area contributed by atoms with E-state index in [2.05, 4.69) is 32.4 Å². The van der Waals surface area contributed by atoms with Crippen molar-refractivity contribution in [2.45, 2.75) is 36.3 Å². The minimum atomic E-state index is 0.457. The van der Waals surface area contributed by atoms with Crippen molar-refractivity contribution in [1.29, 1.82) is 0 Å². The number of aromatic nitrogens is 5. The molecular formula is C11H13N5OS. The summed E-state index contributed by atoms with van der Waals surface area (Å²) < 4.78 is 7.23. The Kier molecular flexibility index (Phi) is 3.40. The fourth-order valence-corrected chi connectivity index (χ4v) is 2.78. The van der Waals surface area contributed by atoms with Crippen molar-refractivity contribution in [3.05, 3.63) is 30.7 Å². The molecule has 0 unspecified atom stereocenters. The molecule has 0 bridgehead atoms. The fraction of sp³-hybridized carbons (Fsp3) is 0.455. The van der Waals surface area contributed by atoms with Crippen LogP contribution < -0.4 is 0 Å². The fourth-order valence-electron chi connectivity index (χ4n) is 1.81. The van der Waals surface area contributed by atoms with Crippen LogP contribution in [0.4, 0.5) is 0 Å². The van der Waals surface area contributed by atoms with Crippen molar-refractivity contribution in [1.82, 2.24) is 25.0 Å². The highest BCUT2D eigenvalue weighted by molar-refractivity contribution is 7.99. The largest absolute Gasteiger partial charge is 0.414 e. The van der Waals surface area contributed by atoms with Crippen molar-refractivity contribution in [3.8, 4) is 0 Å². The monoisotopic (exact) mass is 263 g/mol. The van der Waals surface area contributed by atoms with Crippen molar-refractivity contribution >= 4 is 11.8 Å². The van der Waals surface area contributed by atoms with E-state index in [9.17, 15) is 0 Å². The van der Waals surface area contributed by atoms with Crippen molar-refractivity contribution in [3.63, 3.8) is 0 Å². The summed E-state index contributed by atoms with van der Waals surface area (Å²) >= 11 is 1.63. The summed E-state index contributed by atoms with van der Waals surface area (Å²) in [7, 11) is 0. The quantitative estimate of drug-likeness (QED) is 0.785. The topological polar surface area (TPSA) is 69.6 Å². The van der Waals surface area contributed by atoms with E-state index in [4.69, 9.17) is 4.42 Å². The Balaban J connectivity index is 1.62. The van der Waals surface area contributed by atoms with E-state index in [1.165, 1.54) is 25.6 Å². The van der Waals surface area contributed by atoms with Crippen LogP contribution in [-0.4, -0.2) is 30.2 Å². The van der Waals surface area contributed by atoms with E-state index in [0.29, 0.717) is 22.9 Å². The summed E-state index contributed by atoms with van der Waals surface area (Å²) in [5, 5.41) is 13.1. The molecule has 0 fully saturated rings. The maximum absolute atomic E-state index is 5.58. The van der Waals surface area contributed by atoms with Crippen molar-refractivity contribution < 1.29 is 4.42 Å². The van der Waals surface area contributed by atoms with E-state index in [0.717, 1.165) is 0 Å². The lowest BCUT2D eigenvalue weighted by molar-refractivity contribution is 0.397. The predicted octanol–water partition coefficient (Wildman–Crippen LogP) is 1.91. The van der Waals surface area contributed by atoms with E-state index in [1.807, 2.05) is 0 Å². The molecule has 2 aromatic heterocycles. The summed E-state index contributed by atoms with van der Waals surface area (Å²) in [4.78, 5) is 3.87. The molecule has 18 heavy (non-hydrogen) atoms. The van der Waals surface area contributed by atoms with Crippen LogP contribution in [0.2, 0.25) is 0 Å². The Bertz CT molecular complexity index is 521. The number of hydrogen-bond donors (Lipinski definition) is 0. The van der Waals surface area contributed by atoms with Gasteiger partial charge in [0.1, 0.15) is 19.2 Å². The smallest absolute Gasteiger partial charge is 0.277 e. The van der Waals surface area contributed by atoms with E-state index >= 15 is 0 Å². The molecule has 0 aliphatic heterocycles. The van der Waals surface area contributed by atoms with Gasteiger partial charge < -0.3 is 4.42 Å². The minimum Gasteiger partial charge on any atom is -0.414 e. The molecule has 1 atom stereocenters. The van der Waals surface area contributed by atoms with E-state index in [-0.39, 0.29) is 0 Å². The van der Waals surface area contributed by atoms with Crippen LogP contribution in [0, 0.1) is 0 Å². The van der Waals surface area contributed by atoms with E-state index in [1.54, 1.807) is 22.8 Å². The second-order valence-corrected chi connectivity index (χ2v) is 5.26. The number of rotatable bonds is 4. The molecule has 0 aromatic carbocycles. The number of thioether (sulfide) groups is 1. The third kappa shape index (κ3) is 2.79. The zero-order chi connectivity index (χ0) is 12.2. The molecule has 0 saturated carbocycles. The molecule has 2 aromatic rings. The summed E-state index contributed by atoms with van der Waals surface area (Å²) in [6.07, 6.45) is 11.1. The van der Waals surface area contributed by atoms with Crippen LogP contribution in [0.15, 0.2) is 34.4 Å². The number of allylic oxidation sites excluding steroid dienone is 1. The summed E-state index contributed by atoms with van der Waals surface area (Å²) in [5.41, 5.74) is 0. The molecule has 3 rings (SSSR count). The summed E-state index contributed by atoms with van der Waals surface area (Å²) in [5.74, 6) is 0.558. The van der Waals surface area contributed by atoms with Crippen LogP contribution in [0.5, 0.6) is 0 Å². The van der Waals surface area contributed by atoms with Crippen LogP contribution in [0.1, 0.15) is 25.2 Å². The molecule has 94 valence electrons. The maximum atomic E-state index is 5.58. The van der Waals surface area contributed by atoms with Crippen LogP contribution in [0.3, 0.4) is 0 Å². The molecular weight excluding hydrogens is 250 g/mol. The molecule has 1 aliphatic carbocycles. The molecule has 0 amide bonds. The lowest BCUT2D eigenvalue weighted by atomic mass is 10.1. The first-order chi connectivity index (χ1) is 8.90. The lowest BCUT2D eigenvalue weighted by Crippen LogP contribution is -2.01. The first-order valence-electron chi connectivity index (χ1n) is 5.88. The van der Waals surface area contributed by atoms with Gasteiger partial charge in [0.25, 0.3) is 5.22 Å². The molecule has 0 N–H and O–H groups in total. The van der Waals surface area contributed by atoms with Gasteiger partial charge in [0.15, 0.2) is 0 Å². The van der Waals surface area contributed by atoms with Crippen molar-refractivity contribution in [2.24, 2.45) is 0 Å². The highest BCUT2D eigenvalue weighted by Gasteiger charge is 2.14. The van der Waals surface area contributed by atoms with Gasteiger partial charge in [-0.25, -0.2) is 9.67 Å². The normalized spacial score (nSPS) is 19.2. The van der Waals surface area contributed by atoms with Gasteiger partial charge in [-0.3, -0.25) is 0 Å². The highest BCUT2D eigenvalue weighted by Crippen LogP contribution is 2.29. The van der Waals surface area contributed by atoms with Gasteiger partial charge in [0.2, 0.25) is 5.89 Å². The second kappa shape index (κ2) is 5.34. The molecule has 0 spiro atoms. The molecule has 1 aliphatic rings. The first-order valence-corrected chi connectivity index (χ1v) is 6.76. The zero-order valence-corrected chi connectivity index (χ0v) is 10.6. The average Bonchev–Trinajstić information content (AvgIpc) is 3.03. The third-order valence-corrected chi connectivity index (χ3v) is 3.74. The Labute approximate surface area is 108 Å². The van der Waals surface area contributed by atoms with Gasteiger partial charge in [0, 0.05) is 5.25 Å². The molecule has 6 nitrogen and oxygen atoms in total. The Morgan fingerprint density at radius 2 is 2.44 bits per heavy atom. The Morgan fingerprint density at radius 3 is 3.22 bits per heavy atom. The van der Waals surface area contributed by atoms with Gasteiger partial charge in [0.05, 0.1) is 0 Å². The minimum absolute atomic E-state index is 0.457. The summed E-state index contributed by atoms with van der Waals surface area (Å²) in [6, 6.07) is 0. The highest BCUT2D eigenvalue weighted by atomic mass is 32.2. The van der Waals surface area contributed by atoms with Crippen LogP contribution >= 0.6 is 11.8 Å². The van der Waals surface area contributed by atoms with Crippen LogP contribution in [-0.2, 0) is 6.54 Å². The van der Waals surface area contributed by atoms with Crippen molar-refractivity contribution in [2.75, 3.05) is 0 Å². The average molecular weight is 263 g/mol. The Hall–Kier alpha value is -1.63. The number of hydrogen-bond acceptors (Lipinski definition) is 6. The summed E-state index contributed by atoms with van der Waals surface area (Å²) in [6.45, 7) is 0.466. The lowest BCUT2D eigenvalue weighted by Gasteiger charge is -2.12. The van der Waals surface area contributed by atoms with E-state index < -0.39 is 0 Å². The maximum Gasteiger partial charge on any atom is 0.277 e. The third-order valence-electron chi connectivity index (χ3n) is 2.67. The van der Waals surface area contributed by atoms with Gasteiger partial charge in [-0.15, -0.1) is 10.2 Å². The van der Waals surface area contributed by atoms with Gasteiger partial charge >= 0.3 is 0 Å². The zero-order valence-electron chi connectivity index (χ0n) is 9.77. The SMILES string of the molecule is C1=C[C@H](Sc2nnc(Cn3cncn3)o2)CCC1. The Morgan fingerprint density at radius 1 is 1.44 bits per heavy atom. The van der Waals surface area contributed by atoms with Gasteiger partial charge in [-0.1, -0.05) is 23.9 Å². The van der Waals surface area contributed by atoms with Crippen LogP contribution in [0.25, 0.3) is 0 Å². The number of nitrogens with zero attached hydrogens (tertiary/aromatic N) is 5. The molecule has 7 heteroatoms. The standard InChI is InChI=1S/C11H13N5OS/c1-2-4-9(5-3-1)18-11-15-14-10(17-11)6-16-8-12-7-13-16/h2,4,7-9H,1,3,5-6H2/t9-/m0/s1. The molecule has 0 saturated heterocycles. The van der Waals surface area contributed by atoms with Gasteiger partial charge in [-0.05, 0) is 19.3 Å². The predicted molar refractivity (Wildman–Crippen MR) is 66.1 cm³/mol. The second-order valence-electron chi connectivity index (χ2n) is 4.07.